The van der Waals surface area contributed by atoms with Crippen molar-refractivity contribution in [1.82, 2.24) is 5.32 Å². The normalized spacial score (nSPS) is 12.1. The summed E-state index contributed by atoms with van der Waals surface area (Å²) in [7, 11) is 0. The summed E-state index contributed by atoms with van der Waals surface area (Å²) in [6.07, 6.45) is 1.72. The zero-order valence-electron chi connectivity index (χ0n) is 15.4. The number of nitrogens with one attached hydrogen (secondary N) is 1. The molecule has 2 aromatic rings. The molecule has 0 bridgehead atoms. The van der Waals surface area contributed by atoms with Crippen LogP contribution < -0.4 is 5.32 Å². The van der Waals surface area contributed by atoms with Crippen molar-refractivity contribution in [2.45, 2.75) is 12.3 Å². The largest absolute Gasteiger partial charge is 0.499 e. The number of alkyl carbamates (subject to hydrolysis) is 1. The lowest BCUT2D eigenvalue weighted by Gasteiger charge is -2.14. The standard InChI is InChI=1S/C22H25NO4/c1-2-25-14-15-26-13-7-12-23-22(24)27-16-21-19-10-5-3-8-17(19)18-9-4-6-11-20(18)21/h2-6,8-11,21H,1,7,12-16H2,(H,23,24). The van der Waals surface area contributed by atoms with Gasteiger partial charge in [-0.1, -0.05) is 55.1 Å². The molecule has 3 rings (SSSR count). The lowest BCUT2D eigenvalue weighted by molar-refractivity contribution is 0.0830. The average Bonchev–Trinajstić information content (AvgIpc) is 3.02. The quantitative estimate of drug-likeness (QED) is 0.508. The number of rotatable bonds is 10. The minimum absolute atomic E-state index is 0.0799. The predicted molar refractivity (Wildman–Crippen MR) is 105 cm³/mol. The molecule has 0 spiro atoms. The van der Waals surface area contributed by atoms with Crippen LogP contribution in [0.3, 0.4) is 0 Å². The number of hydrogen-bond acceptors (Lipinski definition) is 4. The average molecular weight is 367 g/mol. The van der Waals surface area contributed by atoms with Crippen LogP contribution in [0.15, 0.2) is 61.4 Å². The first kappa shape index (κ1) is 19.0. The lowest BCUT2D eigenvalue weighted by Crippen LogP contribution is -2.27. The lowest BCUT2D eigenvalue weighted by atomic mass is 9.98. The van der Waals surface area contributed by atoms with Gasteiger partial charge in [0.1, 0.15) is 13.2 Å². The third-order valence-electron chi connectivity index (χ3n) is 4.54. The van der Waals surface area contributed by atoms with Gasteiger partial charge in [-0.15, -0.1) is 0 Å². The van der Waals surface area contributed by atoms with E-state index in [0.29, 0.717) is 33.0 Å². The molecule has 2 aromatic carbocycles. The van der Waals surface area contributed by atoms with Gasteiger partial charge in [0.15, 0.2) is 0 Å². The van der Waals surface area contributed by atoms with Gasteiger partial charge < -0.3 is 19.5 Å². The van der Waals surface area contributed by atoms with Crippen LogP contribution in [-0.2, 0) is 14.2 Å². The second-order valence-corrected chi connectivity index (χ2v) is 6.26. The van der Waals surface area contributed by atoms with E-state index in [1.807, 2.05) is 24.3 Å². The van der Waals surface area contributed by atoms with E-state index in [1.165, 1.54) is 28.5 Å². The van der Waals surface area contributed by atoms with Gasteiger partial charge in [-0.2, -0.15) is 0 Å². The first-order valence-corrected chi connectivity index (χ1v) is 9.20. The summed E-state index contributed by atoms with van der Waals surface area (Å²) < 4.78 is 15.8. The van der Waals surface area contributed by atoms with Crippen molar-refractivity contribution in [2.75, 3.05) is 33.0 Å². The van der Waals surface area contributed by atoms with Crippen LogP contribution in [0.2, 0.25) is 0 Å². The molecule has 5 heteroatoms. The molecule has 1 N–H and O–H groups in total. The molecule has 1 aliphatic rings. The van der Waals surface area contributed by atoms with Gasteiger partial charge in [-0.25, -0.2) is 4.79 Å². The summed E-state index contributed by atoms with van der Waals surface area (Å²) in [5.41, 5.74) is 4.86. The van der Waals surface area contributed by atoms with Crippen molar-refractivity contribution in [2.24, 2.45) is 0 Å². The molecule has 142 valence electrons. The fourth-order valence-corrected chi connectivity index (χ4v) is 3.31. The number of carbonyl (C=O) groups excluding carboxylic acids is 1. The summed E-state index contributed by atoms with van der Waals surface area (Å²) in [5, 5.41) is 2.77. The molecule has 5 nitrogen and oxygen atoms in total. The fourth-order valence-electron chi connectivity index (χ4n) is 3.31. The van der Waals surface area contributed by atoms with Crippen LogP contribution in [0.5, 0.6) is 0 Å². The van der Waals surface area contributed by atoms with E-state index in [1.54, 1.807) is 0 Å². The second-order valence-electron chi connectivity index (χ2n) is 6.26. The molecular weight excluding hydrogens is 342 g/mol. The van der Waals surface area contributed by atoms with Gasteiger partial charge in [0.05, 0.1) is 12.9 Å². The van der Waals surface area contributed by atoms with Gasteiger partial charge in [-0.05, 0) is 28.7 Å². The van der Waals surface area contributed by atoms with Crippen LogP contribution >= 0.6 is 0 Å². The molecular formula is C22H25NO4. The Balaban J connectivity index is 1.42. The summed E-state index contributed by atoms with van der Waals surface area (Å²) in [6, 6.07) is 16.6. The van der Waals surface area contributed by atoms with E-state index in [0.717, 1.165) is 6.42 Å². The number of ether oxygens (including phenoxy) is 3. The highest BCUT2D eigenvalue weighted by Crippen LogP contribution is 2.44. The summed E-state index contributed by atoms with van der Waals surface area (Å²) >= 11 is 0. The maximum Gasteiger partial charge on any atom is 0.407 e. The first-order valence-electron chi connectivity index (χ1n) is 9.20. The van der Waals surface area contributed by atoms with E-state index in [9.17, 15) is 4.79 Å². The number of hydrogen-bond donors (Lipinski definition) is 1. The Kier molecular flexibility index (Phi) is 6.88. The van der Waals surface area contributed by atoms with Crippen LogP contribution in [-0.4, -0.2) is 39.1 Å². The van der Waals surface area contributed by atoms with Crippen LogP contribution in [0.4, 0.5) is 4.79 Å². The Morgan fingerprint density at radius 3 is 2.33 bits per heavy atom. The maximum atomic E-state index is 12.0. The van der Waals surface area contributed by atoms with Crippen molar-refractivity contribution in [3.63, 3.8) is 0 Å². The van der Waals surface area contributed by atoms with E-state index in [4.69, 9.17) is 14.2 Å². The Morgan fingerprint density at radius 2 is 1.67 bits per heavy atom. The number of amides is 1. The van der Waals surface area contributed by atoms with Crippen molar-refractivity contribution < 1.29 is 19.0 Å². The SMILES string of the molecule is C=COCCOCCCNC(=O)OCC1c2ccccc2-c2ccccc21. The molecule has 0 saturated heterocycles. The molecule has 0 radical (unpaired) electrons. The number of carbonyl (C=O) groups is 1. The van der Waals surface area contributed by atoms with E-state index >= 15 is 0 Å². The maximum absolute atomic E-state index is 12.0. The van der Waals surface area contributed by atoms with Crippen LogP contribution in [0, 0.1) is 0 Å². The number of benzene rings is 2. The molecule has 0 saturated carbocycles. The minimum Gasteiger partial charge on any atom is -0.499 e. The van der Waals surface area contributed by atoms with Gasteiger partial charge in [0, 0.05) is 19.1 Å². The number of fused-ring (bicyclic) bond motifs is 3. The van der Waals surface area contributed by atoms with Gasteiger partial charge in [0.25, 0.3) is 0 Å². The Bertz CT molecular complexity index is 729. The molecule has 0 aliphatic heterocycles. The van der Waals surface area contributed by atoms with Gasteiger partial charge in [0.2, 0.25) is 0 Å². The summed E-state index contributed by atoms with van der Waals surface area (Å²) in [5.74, 6) is 0.0799. The Labute approximate surface area is 159 Å². The molecule has 0 heterocycles. The summed E-state index contributed by atoms with van der Waals surface area (Å²) in [4.78, 5) is 12.0. The molecule has 1 aliphatic carbocycles. The Morgan fingerprint density at radius 1 is 1.00 bits per heavy atom. The second kappa shape index (κ2) is 9.78. The van der Waals surface area contributed by atoms with Gasteiger partial charge >= 0.3 is 6.09 Å². The molecule has 1 amide bonds. The molecule has 0 aromatic heterocycles. The van der Waals surface area contributed by atoms with Crippen LogP contribution in [0.1, 0.15) is 23.5 Å². The van der Waals surface area contributed by atoms with Crippen LogP contribution in [0.25, 0.3) is 11.1 Å². The smallest absolute Gasteiger partial charge is 0.407 e. The van der Waals surface area contributed by atoms with E-state index in [2.05, 4.69) is 36.2 Å². The van der Waals surface area contributed by atoms with Crippen molar-refractivity contribution in [3.05, 3.63) is 72.5 Å². The topological polar surface area (TPSA) is 56.8 Å². The van der Waals surface area contributed by atoms with Crippen molar-refractivity contribution in [1.29, 1.82) is 0 Å². The van der Waals surface area contributed by atoms with Crippen molar-refractivity contribution in [3.8, 4) is 11.1 Å². The van der Waals surface area contributed by atoms with E-state index in [-0.39, 0.29) is 5.92 Å². The minimum atomic E-state index is -0.396. The predicted octanol–water partition coefficient (Wildman–Crippen LogP) is 4.09. The van der Waals surface area contributed by atoms with Gasteiger partial charge in [-0.3, -0.25) is 0 Å². The molecule has 27 heavy (non-hydrogen) atoms. The molecule has 0 unspecified atom stereocenters. The van der Waals surface area contributed by atoms with Crippen molar-refractivity contribution >= 4 is 6.09 Å². The van der Waals surface area contributed by atoms with E-state index < -0.39 is 6.09 Å². The fraction of sp³-hybridized carbons (Fsp3) is 0.318. The zero-order chi connectivity index (χ0) is 18.9. The summed E-state index contributed by atoms with van der Waals surface area (Å²) in [6.45, 7) is 5.86. The third kappa shape index (κ3) is 4.89. The monoisotopic (exact) mass is 367 g/mol. The Hall–Kier alpha value is -2.79. The molecule has 0 fully saturated rings. The zero-order valence-corrected chi connectivity index (χ0v) is 15.4. The first-order chi connectivity index (χ1) is 13.3. The molecule has 0 atom stereocenters. The third-order valence-corrected chi connectivity index (χ3v) is 4.54. The highest BCUT2D eigenvalue weighted by Gasteiger charge is 2.28. The highest BCUT2D eigenvalue weighted by atomic mass is 16.5. The highest BCUT2D eigenvalue weighted by molar-refractivity contribution is 5.79.